The Balaban J connectivity index is 1.70. The summed E-state index contributed by atoms with van der Waals surface area (Å²) in [6.45, 7) is 15.3. The molecule has 2 unspecified atom stereocenters. The SMILES string of the molecule is CCC(C)(C)C(=O)OCC(=O)OC12CC3CC(C1)CC(C(=O)OC(C)(C)C(C)(C)C)(C3)C2. The summed E-state index contributed by atoms with van der Waals surface area (Å²) in [4.78, 5) is 38.4. The summed E-state index contributed by atoms with van der Waals surface area (Å²) >= 11 is 0. The highest BCUT2D eigenvalue weighted by Crippen LogP contribution is 2.63. The Hall–Kier alpha value is -1.59. The largest absolute Gasteiger partial charge is 0.459 e. The van der Waals surface area contributed by atoms with Crippen molar-refractivity contribution in [3.05, 3.63) is 0 Å². The van der Waals surface area contributed by atoms with Crippen molar-refractivity contribution < 1.29 is 28.6 Å². The molecule has 0 aromatic heterocycles. The van der Waals surface area contributed by atoms with Gasteiger partial charge >= 0.3 is 17.9 Å². The van der Waals surface area contributed by atoms with Gasteiger partial charge in [0.1, 0.15) is 11.2 Å². The quantitative estimate of drug-likeness (QED) is 0.391. The Bertz CT molecular complexity index is 758. The zero-order valence-corrected chi connectivity index (χ0v) is 21.3. The number of ether oxygens (including phenoxy) is 3. The summed E-state index contributed by atoms with van der Waals surface area (Å²) in [6.07, 6.45) is 5.39. The number of esters is 3. The standard InChI is InChI=1S/C26H42O6/c1-9-23(5,6)20(28)30-15-19(27)31-26-13-17-10-18(14-26)12-25(11-17,16-26)21(29)32-24(7,8)22(2,3)4/h17-18H,9-16H2,1-8H3. The minimum absolute atomic E-state index is 0.150. The molecule has 0 aromatic rings. The zero-order valence-electron chi connectivity index (χ0n) is 21.3. The molecule has 4 aliphatic carbocycles. The van der Waals surface area contributed by atoms with Gasteiger partial charge in [0.05, 0.1) is 10.8 Å². The van der Waals surface area contributed by atoms with Crippen LogP contribution in [0.5, 0.6) is 0 Å². The molecule has 0 N–H and O–H groups in total. The van der Waals surface area contributed by atoms with Crippen LogP contribution in [-0.2, 0) is 28.6 Å². The van der Waals surface area contributed by atoms with E-state index >= 15 is 0 Å². The van der Waals surface area contributed by atoms with Gasteiger partial charge in [-0.2, -0.15) is 0 Å². The van der Waals surface area contributed by atoms with Gasteiger partial charge in [-0.15, -0.1) is 0 Å². The first-order chi connectivity index (χ1) is 14.5. The molecule has 182 valence electrons. The summed E-state index contributed by atoms with van der Waals surface area (Å²) in [7, 11) is 0. The predicted octanol–water partition coefficient (Wildman–Crippen LogP) is 5.22. The monoisotopic (exact) mass is 450 g/mol. The summed E-state index contributed by atoms with van der Waals surface area (Å²) in [5.41, 5.74) is -2.66. The minimum atomic E-state index is -0.654. The third kappa shape index (κ3) is 4.70. The average Bonchev–Trinajstić information content (AvgIpc) is 2.63. The first-order valence-electron chi connectivity index (χ1n) is 12.2. The predicted molar refractivity (Wildman–Crippen MR) is 121 cm³/mol. The number of hydrogen-bond donors (Lipinski definition) is 0. The summed E-state index contributed by atoms with van der Waals surface area (Å²) < 4.78 is 17.4. The maximum Gasteiger partial charge on any atom is 0.344 e. The van der Waals surface area contributed by atoms with Crippen molar-refractivity contribution in [1.29, 1.82) is 0 Å². The van der Waals surface area contributed by atoms with Crippen LogP contribution in [0.25, 0.3) is 0 Å². The number of carbonyl (C=O) groups is 3. The van der Waals surface area contributed by atoms with E-state index in [1.54, 1.807) is 13.8 Å². The Morgan fingerprint density at radius 2 is 1.47 bits per heavy atom. The van der Waals surface area contributed by atoms with Gasteiger partial charge < -0.3 is 14.2 Å². The maximum absolute atomic E-state index is 13.5. The van der Waals surface area contributed by atoms with E-state index in [0.29, 0.717) is 24.7 Å². The lowest BCUT2D eigenvalue weighted by atomic mass is 9.48. The molecule has 32 heavy (non-hydrogen) atoms. The summed E-state index contributed by atoms with van der Waals surface area (Å²) in [5.74, 6) is -0.354. The molecule has 4 rings (SSSR count). The van der Waals surface area contributed by atoms with Crippen LogP contribution >= 0.6 is 0 Å². The van der Waals surface area contributed by atoms with Gasteiger partial charge in [0, 0.05) is 11.8 Å². The Labute approximate surface area is 193 Å². The van der Waals surface area contributed by atoms with E-state index in [2.05, 4.69) is 20.8 Å². The Morgan fingerprint density at radius 3 is 1.97 bits per heavy atom. The van der Waals surface area contributed by atoms with Crippen molar-refractivity contribution in [3.63, 3.8) is 0 Å². The fourth-order valence-corrected chi connectivity index (χ4v) is 5.76. The second-order valence-corrected chi connectivity index (χ2v) is 12.9. The van der Waals surface area contributed by atoms with E-state index in [1.165, 1.54) is 0 Å². The highest BCUT2D eigenvalue weighted by molar-refractivity contribution is 5.80. The smallest absolute Gasteiger partial charge is 0.344 e. The molecule has 0 radical (unpaired) electrons. The molecule has 0 heterocycles. The molecule has 0 amide bonds. The second kappa shape index (κ2) is 8.02. The second-order valence-electron chi connectivity index (χ2n) is 12.9. The van der Waals surface area contributed by atoms with Crippen LogP contribution in [0, 0.1) is 28.1 Å². The zero-order chi connectivity index (χ0) is 24.2. The molecular weight excluding hydrogens is 408 g/mol. The van der Waals surface area contributed by atoms with E-state index in [4.69, 9.17) is 14.2 Å². The van der Waals surface area contributed by atoms with Gasteiger partial charge in [-0.3, -0.25) is 9.59 Å². The van der Waals surface area contributed by atoms with Crippen LogP contribution in [0.3, 0.4) is 0 Å². The third-order valence-electron chi connectivity index (χ3n) is 8.68. The van der Waals surface area contributed by atoms with Gasteiger partial charge in [0.2, 0.25) is 0 Å². The summed E-state index contributed by atoms with van der Waals surface area (Å²) in [6, 6.07) is 0. The van der Waals surface area contributed by atoms with Gasteiger partial charge in [-0.1, -0.05) is 27.7 Å². The molecule has 0 aliphatic heterocycles. The van der Waals surface area contributed by atoms with Gasteiger partial charge in [-0.05, 0) is 78.1 Å². The van der Waals surface area contributed by atoms with Crippen LogP contribution < -0.4 is 0 Å². The lowest BCUT2D eigenvalue weighted by Crippen LogP contribution is -2.61. The Kier molecular flexibility index (Phi) is 6.27. The molecule has 0 spiro atoms. The minimum Gasteiger partial charge on any atom is -0.459 e. The fourth-order valence-electron chi connectivity index (χ4n) is 5.76. The van der Waals surface area contributed by atoms with Crippen LogP contribution in [0.2, 0.25) is 0 Å². The normalized spacial score (nSPS) is 31.9. The molecule has 6 nitrogen and oxygen atoms in total. The molecule has 4 aliphatic rings. The topological polar surface area (TPSA) is 78.9 Å². The molecule has 2 atom stereocenters. The van der Waals surface area contributed by atoms with E-state index < -0.39 is 34.0 Å². The first kappa shape index (κ1) is 25.0. The highest BCUT2D eigenvalue weighted by atomic mass is 16.6. The lowest BCUT2D eigenvalue weighted by molar-refractivity contribution is -0.224. The van der Waals surface area contributed by atoms with Crippen LogP contribution in [0.1, 0.15) is 100 Å². The van der Waals surface area contributed by atoms with E-state index in [0.717, 1.165) is 32.1 Å². The van der Waals surface area contributed by atoms with Crippen molar-refractivity contribution >= 4 is 17.9 Å². The van der Waals surface area contributed by atoms with Crippen LogP contribution in [0.4, 0.5) is 0 Å². The van der Waals surface area contributed by atoms with Crippen molar-refractivity contribution in [3.8, 4) is 0 Å². The molecule has 4 fully saturated rings. The first-order valence-corrected chi connectivity index (χ1v) is 12.2. The highest BCUT2D eigenvalue weighted by Gasteiger charge is 2.63. The van der Waals surface area contributed by atoms with Gasteiger partial charge in [0.15, 0.2) is 6.61 Å². The van der Waals surface area contributed by atoms with Crippen molar-refractivity contribution in [2.75, 3.05) is 6.61 Å². The van der Waals surface area contributed by atoms with E-state index in [-0.39, 0.29) is 18.0 Å². The van der Waals surface area contributed by atoms with E-state index in [1.807, 2.05) is 20.8 Å². The van der Waals surface area contributed by atoms with Crippen molar-refractivity contribution in [2.45, 2.75) is 112 Å². The van der Waals surface area contributed by atoms with Crippen LogP contribution in [-0.4, -0.2) is 35.7 Å². The molecular formula is C26H42O6. The number of rotatable bonds is 7. The molecule has 4 saturated carbocycles. The molecule has 0 aromatic carbocycles. The third-order valence-corrected chi connectivity index (χ3v) is 8.68. The van der Waals surface area contributed by atoms with E-state index in [9.17, 15) is 14.4 Å². The number of hydrogen-bond acceptors (Lipinski definition) is 6. The van der Waals surface area contributed by atoms with Gasteiger partial charge in [-0.25, -0.2) is 4.79 Å². The molecule has 4 bridgehead atoms. The van der Waals surface area contributed by atoms with Crippen LogP contribution in [0.15, 0.2) is 0 Å². The average molecular weight is 451 g/mol. The number of carbonyl (C=O) groups excluding carboxylic acids is 3. The molecule has 0 saturated heterocycles. The lowest BCUT2D eigenvalue weighted by Gasteiger charge is -2.60. The van der Waals surface area contributed by atoms with Crippen molar-refractivity contribution in [2.24, 2.45) is 28.1 Å². The fraction of sp³-hybridized carbons (Fsp3) is 0.885. The Morgan fingerprint density at radius 1 is 0.906 bits per heavy atom. The molecule has 6 heteroatoms. The van der Waals surface area contributed by atoms with Gasteiger partial charge in [0.25, 0.3) is 0 Å². The van der Waals surface area contributed by atoms with Crippen molar-refractivity contribution in [1.82, 2.24) is 0 Å². The summed E-state index contributed by atoms with van der Waals surface area (Å²) in [5, 5.41) is 0. The maximum atomic E-state index is 13.5.